The van der Waals surface area contributed by atoms with E-state index < -0.39 is 0 Å². The summed E-state index contributed by atoms with van der Waals surface area (Å²) in [6.07, 6.45) is 9.10. The van der Waals surface area contributed by atoms with E-state index in [1.807, 2.05) is 54.9 Å². The predicted molar refractivity (Wildman–Crippen MR) is 138 cm³/mol. The number of likely N-dealkylation sites (tertiary alicyclic amines) is 2. The molecule has 0 bridgehead atoms. The lowest BCUT2D eigenvalue weighted by Gasteiger charge is -2.37. The molecule has 0 radical (unpaired) electrons. The van der Waals surface area contributed by atoms with E-state index in [9.17, 15) is 4.79 Å². The zero-order chi connectivity index (χ0) is 24.3. The Hall–Kier alpha value is -3.65. The summed E-state index contributed by atoms with van der Waals surface area (Å²) in [6.45, 7) is 4.30. The summed E-state index contributed by atoms with van der Waals surface area (Å²) >= 11 is 0. The van der Waals surface area contributed by atoms with Crippen molar-refractivity contribution >= 4 is 17.1 Å². The Labute approximate surface area is 211 Å². The van der Waals surface area contributed by atoms with Crippen LogP contribution >= 0.6 is 0 Å². The Morgan fingerprint density at radius 2 is 1.56 bits per heavy atom. The van der Waals surface area contributed by atoms with Gasteiger partial charge in [-0.15, -0.1) is 0 Å². The second-order valence-corrected chi connectivity index (χ2v) is 9.79. The third kappa shape index (κ3) is 4.60. The van der Waals surface area contributed by atoms with Crippen molar-refractivity contribution in [1.29, 1.82) is 0 Å². The molecular formula is C28H31N7O. The van der Waals surface area contributed by atoms with E-state index in [1.165, 1.54) is 0 Å². The van der Waals surface area contributed by atoms with Gasteiger partial charge in [0.05, 0.1) is 5.69 Å². The number of pyridine rings is 3. The zero-order valence-corrected chi connectivity index (χ0v) is 20.4. The molecule has 0 aromatic carbocycles. The van der Waals surface area contributed by atoms with Crippen molar-refractivity contribution in [3.05, 3.63) is 72.8 Å². The number of hydrogen-bond acceptors (Lipinski definition) is 6. The van der Waals surface area contributed by atoms with Gasteiger partial charge in [-0.3, -0.25) is 19.7 Å². The highest BCUT2D eigenvalue weighted by Crippen LogP contribution is 2.33. The summed E-state index contributed by atoms with van der Waals surface area (Å²) in [5, 5.41) is 0. The van der Waals surface area contributed by atoms with E-state index in [0.29, 0.717) is 5.91 Å². The Morgan fingerprint density at radius 3 is 2.28 bits per heavy atom. The fraction of sp³-hybridized carbons (Fsp3) is 0.393. The van der Waals surface area contributed by atoms with Crippen LogP contribution in [0.4, 0.5) is 0 Å². The molecule has 0 unspecified atom stereocenters. The van der Waals surface area contributed by atoms with Gasteiger partial charge >= 0.3 is 0 Å². The molecule has 4 aromatic rings. The molecule has 8 nitrogen and oxygen atoms in total. The molecule has 4 aromatic heterocycles. The molecule has 0 saturated carbocycles. The average molecular weight is 482 g/mol. The second kappa shape index (κ2) is 10.1. The Kier molecular flexibility index (Phi) is 6.42. The number of rotatable bonds is 5. The Morgan fingerprint density at radius 1 is 0.806 bits per heavy atom. The normalized spacial score (nSPS) is 18.1. The first-order valence-electron chi connectivity index (χ1n) is 12.9. The average Bonchev–Trinajstić information content (AvgIpc) is 3.34. The molecule has 184 valence electrons. The van der Waals surface area contributed by atoms with Crippen molar-refractivity contribution in [1.82, 2.24) is 34.3 Å². The van der Waals surface area contributed by atoms with E-state index in [2.05, 4.69) is 35.4 Å². The molecule has 2 saturated heterocycles. The highest BCUT2D eigenvalue weighted by molar-refractivity contribution is 5.79. The standard InChI is InChI=1S/C28H31N7O/c36-28(21-9-16-33(17-10-21)20-22-6-1-3-13-29-22)34-18-11-23(12-19-34)35-26-25(8-5-15-31-26)32-27(35)24-7-2-4-14-30-24/h1-8,13-15,21,23H,9-12,16-20H2. The van der Waals surface area contributed by atoms with Gasteiger partial charge in [0.1, 0.15) is 11.2 Å². The summed E-state index contributed by atoms with van der Waals surface area (Å²) in [7, 11) is 0. The highest BCUT2D eigenvalue weighted by Gasteiger charge is 2.32. The van der Waals surface area contributed by atoms with Gasteiger partial charge in [-0.2, -0.15) is 0 Å². The van der Waals surface area contributed by atoms with Gasteiger partial charge in [0, 0.05) is 50.2 Å². The molecule has 1 amide bonds. The molecular weight excluding hydrogens is 450 g/mol. The van der Waals surface area contributed by atoms with Crippen molar-refractivity contribution in [2.24, 2.45) is 5.92 Å². The van der Waals surface area contributed by atoms with Crippen LogP contribution in [-0.4, -0.2) is 66.4 Å². The maximum atomic E-state index is 13.4. The minimum atomic E-state index is 0.126. The fourth-order valence-electron chi connectivity index (χ4n) is 5.61. The van der Waals surface area contributed by atoms with Gasteiger partial charge in [-0.1, -0.05) is 12.1 Å². The van der Waals surface area contributed by atoms with Crippen LogP contribution in [-0.2, 0) is 11.3 Å². The van der Waals surface area contributed by atoms with Crippen LogP contribution in [0.5, 0.6) is 0 Å². The van der Waals surface area contributed by atoms with Gasteiger partial charge < -0.3 is 9.47 Å². The number of carbonyl (C=O) groups excluding carboxylic acids is 1. The summed E-state index contributed by atoms with van der Waals surface area (Å²) in [6, 6.07) is 16.1. The largest absolute Gasteiger partial charge is 0.342 e. The molecule has 0 spiro atoms. The maximum Gasteiger partial charge on any atom is 0.225 e. The summed E-state index contributed by atoms with van der Waals surface area (Å²) in [4.78, 5) is 36.4. The number of imidazole rings is 1. The fourth-order valence-corrected chi connectivity index (χ4v) is 5.61. The number of carbonyl (C=O) groups is 1. The van der Waals surface area contributed by atoms with Gasteiger partial charge in [-0.05, 0) is 75.2 Å². The van der Waals surface area contributed by atoms with Crippen LogP contribution in [0.15, 0.2) is 67.1 Å². The molecule has 0 atom stereocenters. The lowest BCUT2D eigenvalue weighted by molar-refractivity contribution is -0.138. The van der Waals surface area contributed by atoms with Crippen molar-refractivity contribution < 1.29 is 4.79 Å². The Bertz CT molecular complexity index is 1310. The molecule has 6 rings (SSSR count). The first kappa shape index (κ1) is 22.8. The minimum Gasteiger partial charge on any atom is -0.342 e. The van der Waals surface area contributed by atoms with Crippen molar-refractivity contribution in [2.75, 3.05) is 26.2 Å². The SMILES string of the molecule is O=C(C1CCN(Cc2ccccn2)CC1)N1CCC(n2c(-c3ccccn3)nc3cccnc32)CC1. The minimum absolute atomic E-state index is 0.126. The third-order valence-electron chi connectivity index (χ3n) is 7.53. The van der Waals surface area contributed by atoms with E-state index in [0.717, 1.165) is 86.8 Å². The van der Waals surface area contributed by atoms with Crippen molar-refractivity contribution in [3.8, 4) is 11.5 Å². The highest BCUT2D eigenvalue weighted by atomic mass is 16.2. The van der Waals surface area contributed by atoms with Gasteiger partial charge in [0.25, 0.3) is 0 Å². The molecule has 2 fully saturated rings. The smallest absolute Gasteiger partial charge is 0.225 e. The summed E-state index contributed by atoms with van der Waals surface area (Å²) < 4.78 is 2.25. The third-order valence-corrected chi connectivity index (χ3v) is 7.53. The van der Waals surface area contributed by atoms with E-state index in [-0.39, 0.29) is 12.0 Å². The van der Waals surface area contributed by atoms with Crippen LogP contribution in [0, 0.1) is 5.92 Å². The molecule has 2 aliphatic heterocycles. The van der Waals surface area contributed by atoms with Crippen LogP contribution < -0.4 is 0 Å². The molecule has 2 aliphatic rings. The number of amides is 1. The topological polar surface area (TPSA) is 80.0 Å². The summed E-state index contributed by atoms with van der Waals surface area (Å²) in [5.41, 5.74) is 3.72. The van der Waals surface area contributed by atoms with Gasteiger partial charge in [-0.25, -0.2) is 9.97 Å². The quantitative estimate of drug-likeness (QED) is 0.429. The molecule has 0 N–H and O–H groups in total. The number of piperidine rings is 2. The van der Waals surface area contributed by atoms with Crippen LogP contribution in [0.2, 0.25) is 0 Å². The van der Waals surface area contributed by atoms with Gasteiger partial charge in [0.2, 0.25) is 5.91 Å². The van der Waals surface area contributed by atoms with E-state index in [1.54, 1.807) is 6.20 Å². The number of hydrogen-bond donors (Lipinski definition) is 0. The predicted octanol–water partition coefficient (Wildman–Crippen LogP) is 3.96. The number of nitrogens with zero attached hydrogens (tertiary/aromatic N) is 7. The Balaban J connectivity index is 1.10. The van der Waals surface area contributed by atoms with Crippen LogP contribution in [0.1, 0.15) is 37.4 Å². The lowest BCUT2D eigenvalue weighted by atomic mass is 9.93. The summed E-state index contributed by atoms with van der Waals surface area (Å²) in [5.74, 6) is 1.31. The van der Waals surface area contributed by atoms with Crippen molar-refractivity contribution in [3.63, 3.8) is 0 Å². The van der Waals surface area contributed by atoms with Gasteiger partial charge in [0.15, 0.2) is 11.5 Å². The maximum absolute atomic E-state index is 13.4. The van der Waals surface area contributed by atoms with Crippen LogP contribution in [0.25, 0.3) is 22.7 Å². The number of aromatic nitrogens is 5. The van der Waals surface area contributed by atoms with Crippen LogP contribution in [0.3, 0.4) is 0 Å². The molecule has 8 heteroatoms. The molecule has 0 aliphatic carbocycles. The second-order valence-electron chi connectivity index (χ2n) is 9.79. The first-order chi connectivity index (χ1) is 17.8. The first-order valence-corrected chi connectivity index (χ1v) is 12.9. The van der Waals surface area contributed by atoms with Crippen molar-refractivity contribution in [2.45, 2.75) is 38.3 Å². The number of fused-ring (bicyclic) bond motifs is 1. The molecule has 36 heavy (non-hydrogen) atoms. The monoisotopic (exact) mass is 481 g/mol. The zero-order valence-electron chi connectivity index (χ0n) is 20.4. The van der Waals surface area contributed by atoms with E-state index >= 15 is 0 Å². The lowest BCUT2D eigenvalue weighted by Crippen LogP contribution is -2.45. The molecule has 6 heterocycles. The van der Waals surface area contributed by atoms with E-state index in [4.69, 9.17) is 4.98 Å².